The van der Waals surface area contributed by atoms with Gasteiger partial charge in [0.05, 0.1) is 4.92 Å². The minimum Gasteiger partial charge on any atom is -0.308 e. The zero-order chi connectivity index (χ0) is 9.84. The second kappa shape index (κ2) is 5.15. The Morgan fingerprint density at radius 1 is 1.57 bits per heavy atom. The van der Waals surface area contributed by atoms with Gasteiger partial charge in [0.15, 0.2) is 0 Å². The molecule has 0 atom stereocenters. The molecule has 0 aliphatic carbocycles. The summed E-state index contributed by atoms with van der Waals surface area (Å²) in [5, 5.41) is 17.6. The molecule has 0 unspecified atom stereocenters. The van der Waals surface area contributed by atoms with E-state index >= 15 is 0 Å². The zero-order valence-electron chi connectivity index (χ0n) is 7.06. The molecule has 0 aliphatic heterocycles. The Kier molecular flexibility index (Phi) is 4.54. The van der Waals surface area contributed by atoms with E-state index in [1.165, 1.54) is 18.2 Å². The molecule has 1 aromatic carbocycles. The monoisotopic (exact) mass is 216 g/mol. The van der Waals surface area contributed by atoms with Crippen molar-refractivity contribution in [3.05, 3.63) is 39.9 Å². The molecule has 0 aromatic heterocycles. The number of nitrogens with two attached hydrogens (primary N) is 1. The molecule has 1 rings (SSSR count). The number of non-ortho nitro benzene ring substituents is 1. The van der Waals surface area contributed by atoms with Gasteiger partial charge in [-0.2, -0.15) is 0 Å². The number of benzene rings is 1. The summed E-state index contributed by atoms with van der Waals surface area (Å²) in [7, 11) is 0. The first-order chi connectivity index (χ1) is 6.15. The molecule has 14 heavy (non-hydrogen) atoms. The molecule has 0 bridgehead atoms. The van der Waals surface area contributed by atoms with Crippen LogP contribution in [-0.2, 0) is 0 Å². The van der Waals surface area contributed by atoms with Crippen molar-refractivity contribution in [1.29, 1.82) is 5.41 Å². The van der Waals surface area contributed by atoms with Crippen LogP contribution in [0.5, 0.6) is 0 Å². The first kappa shape index (κ1) is 12.3. The van der Waals surface area contributed by atoms with Crippen LogP contribution < -0.4 is 11.3 Å². The fourth-order valence-corrected chi connectivity index (χ4v) is 0.858. The number of rotatable bonds is 2. The maximum atomic E-state index is 10.3. The zero-order valence-corrected chi connectivity index (χ0v) is 7.88. The third-order valence-corrected chi connectivity index (χ3v) is 1.49. The first-order valence-corrected chi connectivity index (χ1v) is 3.45. The second-order valence-corrected chi connectivity index (χ2v) is 2.33. The molecule has 1 aromatic rings. The Balaban J connectivity index is 0.00000169. The molecule has 6 nitrogen and oxygen atoms in total. The summed E-state index contributed by atoms with van der Waals surface area (Å²) in [6, 6.07) is 5.70. The van der Waals surface area contributed by atoms with E-state index in [9.17, 15) is 10.1 Å². The maximum Gasteiger partial charge on any atom is 0.270 e. The van der Waals surface area contributed by atoms with Gasteiger partial charge in [-0.1, -0.05) is 12.1 Å². The standard InChI is InChI=1S/C7H8N4O2.ClH/c8-7(10-9)5-2-1-3-6(4-5)11(12)13;/h1-4H,9H2,(H2,8,10);1H. The average molecular weight is 217 g/mol. The van der Waals surface area contributed by atoms with Crippen LogP contribution in [0.4, 0.5) is 5.69 Å². The van der Waals surface area contributed by atoms with Crippen molar-refractivity contribution in [2.75, 3.05) is 0 Å². The van der Waals surface area contributed by atoms with Gasteiger partial charge in [-0.25, -0.2) is 5.84 Å². The molecule has 7 heteroatoms. The van der Waals surface area contributed by atoms with Crippen LogP contribution in [-0.4, -0.2) is 10.8 Å². The van der Waals surface area contributed by atoms with Crippen molar-refractivity contribution in [3.8, 4) is 0 Å². The highest BCUT2D eigenvalue weighted by atomic mass is 35.5. The molecule has 0 radical (unpaired) electrons. The lowest BCUT2D eigenvalue weighted by molar-refractivity contribution is -0.384. The minimum atomic E-state index is -0.521. The predicted octanol–water partition coefficient (Wildman–Crippen LogP) is 0.805. The lowest BCUT2D eigenvalue weighted by Crippen LogP contribution is -2.29. The van der Waals surface area contributed by atoms with Crippen LogP contribution in [0, 0.1) is 15.5 Å². The Bertz CT molecular complexity index is 355. The molecule has 0 saturated heterocycles. The van der Waals surface area contributed by atoms with Crippen molar-refractivity contribution in [1.82, 2.24) is 5.43 Å². The van der Waals surface area contributed by atoms with E-state index in [0.29, 0.717) is 5.56 Å². The van der Waals surface area contributed by atoms with E-state index in [0.717, 1.165) is 0 Å². The summed E-state index contributed by atoms with van der Waals surface area (Å²) in [5.74, 6) is 4.93. The van der Waals surface area contributed by atoms with Gasteiger partial charge in [0, 0.05) is 17.7 Å². The van der Waals surface area contributed by atoms with Gasteiger partial charge in [0.25, 0.3) is 5.69 Å². The average Bonchev–Trinajstić information content (AvgIpc) is 2.17. The van der Waals surface area contributed by atoms with Crippen LogP contribution in [0.15, 0.2) is 24.3 Å². The highest BCUT2D eigenvalue weighted by Gasteiger charge is 2.07. The molecule has 0 aliphatic rings. The van der Waals surface area contributed by atoms with Gasteiger partial charge in [-0.3, -0.25) is 15.5 Å². The second-order valence-electron chi connectivity index (χ2n) is 2.33. The number of halogens is 1. The molecular weight excluding hydrogens is 208 g/mol. The molecule has 0 heterocycles. The van der Waals surface area contributed by atoms with E-state index < -0.39 is 4.92 Å². The number of hydrazine groups is 1. The number of hydrogen-bond acceptors (Lipinski definition) is 4. The van der Waals surface area contributed by atoms with Crippen molar-refractivity contribution in [3.63, 3.8) is 0 Å². The SMILES string of the molecule is Cl.N=C(NN)c1cccc([N+](=O)[O-])c1. The first-order valence-electron chi connectivity index (χ1n) is 3.45. The summed E-state index contributed by atoms with van der Waals surface area (Å²) in [5.41, 5.74) is 2.44. The summed E-state index contributed by atoms with van der Waals surface area (Å²) < 4.78 is 0. The fraction of sp³-hybridized carbons (Fsp3) is 0. The Labute approximate surface area is 86.1 Å². The summed E-state index contributed by atoms with van der Waals surface area (Å²) in [6.07, 6.45) is 0. The maximum absolute atomic E-state index is 10.3. The predicted molar refractivity (Wildman–Crippen MR) is 54.5 cm³/mol. The van der Waals surface area contributed by atoms with E-state index in [4.69, 9.17) is 11.3 Å². The molecule has 76 valence electrons. The van der Waals surface area contributed by atoms with Crippen LogP contribution in [0.1, 0.15) is 5.56 Å². The number of nitro groups is 1. The van der Waals surface area contributed by atoms with Gasteiger partial charge in [-0.05, 0) is 0 Å². The molecule has 0 fully saturated rings. The molecule has 4 N–H and O–H groups in total. The summed E-state index contributed by atoms with van der Waals surface area (Å²) in [6.45, 7) is 0. The van der Waals surface area contributed by atoms with Crippen molar-refractivity contribution in [2.24, 2.45) is 5.84 Å². The van der Waals surface area contributed by atoms with Gasteiger partial charge >= 0.3 is 0 Å². The van der Waals surface area contributed by atoms with Gasteiger partial charge in [0.2, 0.25) is 0 Å². The van der Waals surface area contributed by atoms with Crippen LogP contribution >= 0.6 is 12.4 Å². The molecule has 0 amide bonds. The number of nitrogens with zero attached hydrogens (tertiary/aromatic N) is 1. The van der Waals surface area contributed by atoms with Gasteiger partial charge in [-0.15, -0.1) is 12.4 Å². The Morgan fingerprint density at radius 2 is 2.21 bits per heavy atom. The highest BCUT2D eigenvalue weighted by molar-refractivity contribution is 5.96. The lowest BCUT2D eigenvalue weighted by Gasteiger charge is -2.01. The number of nitro benzene ring substituents is 1. The molecule has 0 spiro atoms. The van der Waals surface area contributed by atoms with Gasteiger partial charge < -0.3 is 5.43 Å². The quantitative estimate of drug-likeness (QED) is 0.224. The number of hydrogen-bond donors (Lipinski definition) is 3. The largest absolute Gasteiger partial charge is 0.308 e. The van der Waals surface area contributed by atoms with Crippen LogP contribution in [0.3, 0.4) is 0 Å². The fourth-order valence-electron chi connectivity index (χ4n) is 0.858. The van der Waals surface area contributed by atoms with E-state index in [2.05, 4.69) is 5.43 Å². The highest BCUT2D eigenvalue weighted by Crippen LogP contribution is 2.12. The summed E-state index contributed by atoms with van der Waals surface area (Å²) >= 11 is 0. The van der Waals surface area contributed by atoms with Crippen molar-refractivity contribution >= 4 is 23.9 Å². The van der Waals surface area contributed by atoms with E-state index in [-0.39, 0.29) is 23.9 Å². The summed E-state index contributed by atoms with van der Waals surface area (Å²) in [4.78, 5) is 9.83. The molecular formula is C7H9ClN4O2. The Morgan fingerprint density at radius 3 is 2.71 bits per heavy atom. The van der Waals surface area contributed by atoms with Crippen molar-refractivity contribution in [2.45, 2.75) is 0 Å². The topological polar surface area (TPSA) is 105 Å². The van der Waals surface area contributed by atoms with Crippen molar-refractivity contribution < 1.29 is 4.92 Å². The van der Waals surface area contributed by atoms with E-state index in [1.807, 2.05) is 0 Å². The van der Waals surface area contributed by atoms with Crippen LogP contribution in [0.25, 0.3) is 0 Å². The minimum absolute atomic E-state index is 0. The van der Waals surface area contributed by atoms with Crippen LogP contribution in [0.2, 0.25) is 0 Å². The number of nitrogens with one attached hydrogen (secondary N) is 2. The number of amidine groups is 1. The normalized spacial score (nSPS) is 8.64. The smallest absolute Gasteiger partial charge is 0.270 e. The third kappa shape index (κ3) is 2.68. The Hall–Kier alpha value is -1.66. The van der Waals surface area contributed by atoms with Gasteiger partial charge in [0.1, 0.15) is 5.84 Å². The lowest BCUT2D eigenvalue weighted by atomic mass is 10.2. The molecule has 0 saturated carbocycles. The third-order valence-electron chi connectivity index (χ3n) is 1.49. The van der Waals surface area contributed by atoms with E-state index in [1.54, 1.807) is 6.07 Å².